The van der Waals surface area contributed by atoms with E-state index in [0.717, 1.165) is 17.4 Å². The Morgan fingerprint density at radius 1 is 1.03 bits per heavy atom. The number of hydrazone groups is 1. The first-order chi connectivity index (χ1) is 15.1. The van der Waals surface area contributed by atoms with Crippen LogP contribution < -0.4 is 9.73 Å². The number of hydrogen-bond donors (Lipinski definition) is 1. The van der Waals surface area contributed by atoms with E-state index in [4.69, 9.17) is 23.2 Å². The summed E-state index contributed by atoms with van der Waals surface area (Å²) in [6, 6.07) is 18.8. The van der Waals surface area contributed by atoms with E-state index in [1.165, 1.54) is 10.5 Å². The molecule has 0 bridgehead atoms. The number of amides is 1. The lowest BCUT2D eigenvalue weighted by Crippen LogP contribution is -2.29. The molecule has 0 aliphatic carbocycles. The van der Waals surface area contributed by atoms with Crippen LogP contribution in [0.5, 0.6) is 0 Å². The molecule has 0 aliphatic rings. The Balaban J connectivity index is 1.72. The van der Waals surface area contributed by atoms with Crippen molar-refractivity contribution in [1.29, 1.82) is 0 Å². The Hall–Kier alpha value is -2.87. The second-order valence-electron chi connectivity index (χ2n) is 7.17. The van der Waals surface area contributed by atoms with Crippen molar-refractivity contribution < 1.29 is 13.2 Å². The summed E-state index contributed by atoms with van der Waals surface area (Å²) in [5.74, 6) is -0.442. The van der Waals surface area contributed by atoms with Crippen molar-refractivity contribution >= 4 is 51.0 Å². The molecule has 0 spiro atoms. The molecule has 0 aliphatic heterocycles. The van der Waals surface area contributed by atoms with Gasteiger partial charge in [0.05, 0.1) is 29.7 Å². The summed E-state index contributed by atoms with van der Waals surface area (Å²) in [6.07, 6.45) is 2.57. The van der Waals surface area contributed by atoms with E-state index in [2.05, 4.69) is 10.5 Å². The molecule has 0 fully saturated rings. The molecule has 1 N–H and O–H groups in total. The maximum Gasteiger partial charge on any atom is 0.271 e. The summed E-state index contributed by atoms with van der Waals surface area (Å²) in [4.78, 5) is 12.4. The molecular formula is C23H21Cl2N3O3S. The number of hydrogen-bond acceptors (Lipinski definition) is 4. The number of anilines is 1. The highest BCUT2D eigenvalue weighted by Crippen LogP contribution is 2.22. The summed E-state index contributed by atoms with van der Waals surface area (Å²) < 4.78 is 26.0. The SMILES string of the molecule is Cc1ccc(CN(c2ccc(C(=O)N/N=C\c3ccc(Cl)cc3Cl)cc2)S(C)(=O)=O)cc1. The maximum absolute atomic E-state index is 12.4. The summed E-state index contributed by atoms with van der Waals surface area (Å²) in [5, 5.41) is 4.82. The van der Waals surface area contributed by atoms with Crippen molar-refractivity contribution in [3.05, 3.63) is 99.0 Å². The number of carbonyl (C=O) groups is 1. The molecule has 0 atom stereocenters. The van der Waals surface area contributed by atoms with E-state index in [0.29, 0.717) is 26.9 Å². The molecule has 0 unspecified atom stereocenters. The minimum atomic E-state index is -3.52. The van der Waals surface area contributed by atoms with Crippen LogP contribution in [0, 0.1) is 6.92 Å². The van der Waals surface area contributed by atoms with E-state index in [1.807, 2.05) is 31.2 Å². The van der Waals surface area contributed by atoms with Crippen molar-refractivity contribution in [2.75, 3.05) is 10.6 Å². The van der Waals surface area contributed by atoms with Crippen molar-refractivity contribution in [3.63, 3.8) is 0 Å². The fourth-order valence-electron chi connectivity index (χ4n) is 2.87. The van der Waals surface area contributed by atoms with Gasteiger partial charge in [-0.15, -0.1) is 0 Å². The van der Waals surface area contributed by atoms with Gasteiger partial charge in [-0.1, -0.05) is 59.1 Å². The summed E-state index contributed by atoms with van der Waals surface area (Å²) in [6.45, 7) is 2.16. The predicted molar refractivity (Wildman–Crippen MR) is 130 cm³/mol. The van der Waals surface area contributed by atoms with Gasteiger partial charge in [-0.05, 0) is 48.9 Å². The van der Waals surface area contributed by atoms with E-state index < -0.39 is 15.9 Å². The standard InChI is InChI=1S/C23H21Cl2N3O3S/c1-16-3-5-17(6-4-16)15-28(32(2,30)31)21-11-8-18(9-12-21)23(29)27-26-14-19-7-10-20(24)13-22(19)25/h3-14H,15H2,1-2H3,(H,27,29)/b26-14-. The number of sulfonamides is 1. The molecule has 9 heteroatoms. The molecule has 3 aromatic rings. The zero-order chi connectivity index (χ0) is 23.3. The van der Waals surface area contributed by atoms with Crippen LogP contribution in [0.2, 0.25) is 10.0 Å². The lowest BCUT2D eigenvalue weighted by molar-refractivity contribution is 0.0955. The van der Waals surface area contributed by atoms with Crippen LogP contribution in [0.4, 0.5) is 5.69 Å². The molecule has 3 rings (SSSR count). The third-order valence-electron chi connectivity index (χ3n) is 4.60. The molecule has 32 heavy (non-hydrogen) atoms. The number of rotatable bonds is 7. The molecule has 0 heterocycles. The Morgan fingerprint density at radius 2 is 1.69 bits per heavy atom. The lowest BCUT2D eigenvalue weighted by atomic mass is 10.1. The molecule has 1 amide bonds. The predicted octanol–water partition coefficient (Wildman–Crippen LogP) is 5.03. The quantitative estimate of drug-likeness (QED) is 0.373. The van der Waals surface area contributed by atoms with Crippen LogP contribution >= 0.6 is 23.2 Å². The largest absolute Gasteiger partial charge is 0.271 e. The smallest absolute Gasteiger partial charge is 0.267 e. The summed E-state index contributed by atoms with van der Waals surface area (Å²) in [5.41, 5.74) is 5.77. The average Bonchev–Trinajstić information content (AvgIpc) is 2.74. The zero-order valence-corrected chi connectivity index (χ0v) is 19.7. The lowest BCUT2D eigenvalue weighted by Gasteiger charge is -2.22. The number of aryl methyl sites for hydroxylation is 1. The van der Waals surface area contributed by atoms with Gasteiger partial charge in [-0.2, -0.15) is 5.10 Å². The highest BCUT2D eigenvalue weighted by Gasteiger charge is 2.18. The first kappa shape index (κ1) is 23.8. The van der Waals surface area contributed by atoms with Crippen LogP contribution in [-0.2, 0) is 16.6 Å². The van der Waals surface area contributed by atoms with E-state index in [-0.39, 0.29) is 6.54 Å². The van der Waals surface area contributed by atoms with Crippen molar-refractivity contribution in [2.24, 2.45) is 5.10 Å². The van der Waals surface area contributed by atoms with Crippen LogP contribution in [0.1, 0.15) is 27.0 Å². The highest BCUT2D eigenvalue weighted by atomic mass is 35.5. The molecular weight excluding hydrogens is 469 g/mol. The third-order valence-corrected chi connectivity index (χ3v) is 6.30. The van der Waals surface area contributed by atoms with Gasteiger partial charge in [-0.3, -0.25) is 9.10 Å². The van der Waals surface area contributed by atoms with Gasteiger partial charge in [0, 0.05) is 16.1 Å². The number of nitrogens with zero attached hydrogens (tertiary/aromatic N) is 2. The Labute approximate surface area is 197 Å². The van der Waals surface area contributed by atoms with Gasteiger partial charge in [0.15, 0.2) is 0 Å². The Morgan fingerprint density at radius 3 is 2.28 bits per heavy atom. The molecule has 0 saturated carbocycles. The highest BCUT2D eigenvalue weighted by molar-refractivity contribution is 7.92. The number of nitrogens with one attached hydrogen (secondary N) is 1. The molecule has 0 aromatic heterocycles. The van der Waals surface area contributed by atoms with Crippen LogP contribution in [0.3, 0.4) is 0 Å². The van der Waals surface area contributed by atoms with Crippen LogP contribution in [-0.4, -0.2) is 26.8 Å². The van der Waals surface area contributed by atoms with E-state index >= 15 is 0 Å². The van der Waals surface area contributed by atoms with Crippen molar-refractivity contribution in [2.45, 2.75) is 13.5 Å². The average molecular weight is 490 g/mol. The fraction of sp³-hybridized carbons (Fsp3) is 0.130. The molecule has 166 valence electrons. The van der Waals surface area contributed by atoms with Gasteiger partial charge < -0.3 is 0 Å². The fourth-order valence-corrected chi connectivity index (χ4v) is 4.22. The molecule has 6 nitrogen and oxygen atoms in total. The number of halogens is 2. The first-order valence-electron chi connectivity index (χ1n) is 9.55. The van der Waals surface area contributed by atoms with Gasteiger partial charge in [0.1, 0.15) is 0 Å². The van der Waals surface area contributed by atoms with Crippen molar-refractivity contribution in [3.8, 4) is 0 Å². The third kappa shape index (κ3) is 6.32. The Bertz CT molecular complexity index is 1240. The summed E-state index contributed by atoms with van der Waals surface area (Å²) in [7, 11) is -3.52. The van der Waals surface area contributed by atoms with Gasteiger partial charge in [-0.25, -0.2) is 13.8 Å². The Kier molecular flexibility index (Phi) is 7.56. The zero-order valence-electron chi connectivity index (χ0n) is 17.4. The van der Waals surface area contributed by atoms with Gasteiger partial charge in [0.2, 0.25) is 10.0 Å². The monoisotopic (exact) mass is 489 g/mol. The minimum absolute atomic E-state index is 0.191. The van der Waals surface area contributed by atoms with Crippen molar-refractivity contribution in [1.82, 2.24) is 5.43 Å². The van der Waals surface area contributed by atoms with E-state index in [1.54, 1.807) is 42.5 Å². The molecule has 3 aromatic carbocycles. The maximum atomic E-state index is 12.4. The number of carbonyl (C=O) groups excluding carboxylic acids is 1. The normalized spacial score (nSPS) is 11.5. The second-order valence-corrected chi connectivity index (χ2v) is 9.92. The second kappa shape index (κ2) is 10.2. The number of benzene rings is 3. The topological polar surface area (TPSA) is 78.8 Å². The molecule has 0 radical (unpaired) electrons. The van der Waals surface area contributed by atoms with Crippen LogP contribution in [0.15, 0.2) is 71.8 Å². The first-order valence-corrected chi connectivity index (χ1v) is 12.2. The van der Waals surface area contributed by atoms with Crippen LogP contribution in [0.25, 0.3) is 0 Å². The summed E-state index contributed by atoms with van der Waals surface area (Å²) >= 11 is 11.9. The van der Waals surface area contributed by atoms with E-state index in [9.17, 15) is 13.2 Å². The van der Waals surface area contributed by atoms with Gasteiger partial charge >= 0.3 is 0 Å². The minimum Gasteiger partial charge on any atom is -0.267 e. The van der Waals surface area contributed by atoms with Gasteiger partial charge in [0.25, 0.3) is 5.91 Å². The molecule has 0 saturated heterocycles.